The van der Waals surface area contributed by atoms with E-state index in [9.17, 15) is 18.0 Å². The molecule has 5 nitrogen and oxygen atoms in total. The average Bonchev–Trinajstić information content (AvgIpc) is 3.16. The van der Waals surface area contributed by atoms with E-state index in [4.69, 9.17) is 11.6 Å². The van der Waals surface area contributed by atoms with Crippen LogP contribution in [-0.4, -0.2) is 33.2 Å². The molecule has 2 aromatic carbocycles. The predicted molar refractivity (Wildman–Crippen MR) is 100 cm³/mol. The van der Waals surface area contributed by atoms with Crippen LogP contribution in [0.1, 0.15) is 16.1 Å². The number of hydrogen-bond acceptors (Lipinski definition) is 4. The second-order valence-electron chi connectivity index (χ2n) is 5.98. The van der Waals surface area contributed by atoms with Crippen molar-refractivity contribution in [1.29, 1.82) is 0 Å². The largest absolute Gasteiger partial charge is 0.418 e. The number of fused-ring (bicyclic) bond motifs is 1. The van der Waals surface area contributed by atoms with Gasteiger partial charge in [0.05, 0.1) is 23.1 Å². The zero-order valence-electron chi connectivity index (χ0n) is 14.2. The summed E-state index contributed by atoms with van der Waals surface area (Å²) in [7, 11) is 0. The van der Waals surface area contributed by atoms with Crippen LogP contribution in [0.2, 0.25) is 5.02 Å². The number of halogens is 4. The average molecular weight is 425 g/mol. The Labute approximate surface area is 167 Å². The predicted octanol–water partition coefficient (Wildman–Crippen LogP) is 4.69. The van der Waals surface area contributed by atoms with Gasteiger partial charge in [-0.15, -0.1) is 16.9 Å². The van der Waals surface area contributed by atoms with Gasteiger partial charge < -0.3 is 4.90 Å². The summed E-state index contributed by atoms with van der Waals surface area (Å²) >= 11 is 7.65. The molecule has 144 valence electrons. The maximum atomic E-state index is 13.2. The number of hydrogen-bond donors (Lipinski definition) is 0. The molecule has 0 bridgehead atoms. The van der Waals surface area contributed by atoms with Gasteiger partial charge in [0.15, 0.2) is 5.69 Å². The second-order valence-corrected chi connectivity index (χ2v) is 7.55. The van der Waals surface area contributed by atoms with Crippen LogP contribution in [0.3, 0.4) is 0 Å². The molecule has 2 heterocycles. The molecule has 0 spiro atoms. The molecule has 1 aliphatic heterocycles. The summed E-state index contributed by atoms with van der Waals surface area (Å²) in [6.45, 7) is 0.433. The van der Waals surface area contributed by atoms with Crippen molar-refractivity contribution in [2.45, 2.75) is 11.1 Å². The van der Waals surface area contributed by atoms with E-state index >= 15 is 0 Å². The summed E-state index contributed by atoms with van der Waals surface area (Å²) in [5, 5.41) is 8.03. The summed E-state index contributed by atoms with van der Waals surface area (Å²) in [5.74, 6) is 0.241. The van der Waals surface area contributed by atoms with Crippen molar-refractivity contribution in [2.75, 3.05) is 17.2 Å². The Morgan fingerprint density at radius 3 is 2.71 bits per heavy atom. The van der Waals surface area contributed by atoms with Crippen LogP contribution >= 0.6 is 23.4 Å². The number of alkyl halides is 3. The van der Waals surface area contributed by atoms with E-state index in [0.717, 1.165) is 15.6 Å². The lowest BCUT2D eigenvalue weighted by atomic mass is 10.1. The van der Waals surface area contributed by atoms with E-state index in [0.29, 0.717) is 23.0 Å². The first-order valence-corrected chi connectivity index (χ1v) is 9.54. The minimum absolute atomic E-state index is 0.0465. The third kappa shape index (κ3) is 3.47. The van der Waals surface area contributed by atoms with Crippen LogP contribution in [-0.2, 0) is 6.18 Å². The van der Waals surface area contributed by atoms with Crippen molar-refractivity contribution in [3.05, 3.63) is 64.9 Å². The van der Waals surface area contributed by atoms with Gasteiger partial charge in [0.2, 0.25) is 0 Å². The molecule has 0 N–H and O–H groups in total. The minimum atomic E-state index is -4.55. The van der Waals surface area contributed by atoms with Crippen molar-refractivity contribution in [1.82, 2.24) is 15.0 Å². The normalized spacial score (nSPS) is 14.1. The fraction of sp³-hybridized carbons (Fsp3) is 0.167. The molecule has 3 aromatic rings. The van der Waals surface area contributed by atoms with Gasteiger partial charge in [-0.05, 0) is 30.3 Å². The smallest absolute Gasteiger partial charge is 0.305 e. The number of rotatable bonds is 2. The highest BCUT2D eigenvalue weighted by Gasteiger charge is 2.34. The number of amides is 1. The summed E-state index contributed by atoms with van der Waals surface area (Å²) in [5.41, 5.74) is -0.446. The fourth-order valence-electron chi connectivity index (χ4n) is 2.93. The highest BCUT2D eigenvalue weighted by Crippen LogP contribution is 2.37. The van der Waals surface area contributed by atoms with Crippen molar-refractivity contribution in [3.63, 3.8) is 0 Å². The van der Waals surface area contributed by atoms with Crippen molar-refractivity contribution in [2.24, 2.45) is 0 Å². The zero-order chi connectivity index (χ0) is 19.9. The monoisotopic (exact) mass is 424 g/mol. The topological polar surface area (TPSA) is 51.0 Å². The first kappa shape index (κ1) is 18.8. The maximum Gasteiger partial charge on any atom is 0.418 e. The lowest BCUT2D eigenvalue weighted by Gasteiger charge is -2.28. The molecule has 1 aromatic heterocycles. The number of aromatic nitrogens is 3. The highest BCUT2D eigenvalue weighted by atomic mass is 35.5. The van der Waals surface area contributed by atoms with Gasteiger partial charge in [-0.25, -0.2) is 4.68 Å². The van der Waals surface area contributed by atoms with Gasteiger partial charge in [-0.1, -0.05) is 28.9 Å². The van der Waals surface area contributed by atoms with Crippen LogP contribution in [0.4, 0.5) is 18.9 Å². The molecule has 0 unspecified atom stereocenters. The van der Waals surface area contributed by atoms with E-state index in [1.165, 1.54) is 29.3 Å². The molecule has 1 aliphatic rings. The zero-order valence-corrected chi connectivity index (χ0v) is 15.7. The Kier molecular flexibility index (Phi) is 4.80. The lowest BCUT2D eigenvalue weighted by Crippen LogP contribution is -2.35. The molecular weight excluding hydrogens is 413 g/mol. The van der Waals surface area contributed by atoms with E-state index in [-0.39, 0.29) is 11.4 Å². The van der Waals surface area contributed by atoms with Crippen molar-refractivity contribution >= 4 is 35.0 Å². The first-order valence-electron chi connectivity index (χ1n) is 8.18. The maximum absolute atomic E-state index is 13.2. The Morgan fingerprint density at radius 1 is 1.14 bits per heavy atom. The third-order valence-corrected chi connectivity index (χ3v) is 5.48. The number of carbonyl (C=O) groups excluding carboxylic acids is 1. The van der Waals surface area contributed by atoms with Crippen molar-refractivity contribution in [3.8, 4) is 5.69 Å². The lowest BCUT2D eigenvalue weighted by molar-refractivity contribution is -0.137. The van der Waals surface area contributed by atoms with Gasteiger partial charge in [0, 0.05) is 22.2 Å². The Bertz CT molecular complexity index is 1050. The van der Waals surface area contributed by atoms with Crippen LogP contribution in [0, 0.1) is 0 Å². The first-order chi connectivity index (χ1) is 13.3. The van der Waals surface area contributed by atoms with Gasteiger partial charge in [-0.2, -0.15) is 13.2 Å². The molecule has 0 fully saturated rings. The fourth-order valence-corrected chi connectivity index (χ4v) is 4.07. The summed E-state index contributed by atoms with van der Waals surface area (Å²) in [6.07, 6.45) is -3.34. The summed E-state index contributed by atoms with van der Waals surface area (Å²) in [6, 6.07) is 10.3. The van der Waals surface area contributed by atoms with Crippen LogP contribution in [0.15, 0.2) is 53.6 Å². The SMILES string of the molecule is O=C(c1cn(-c2ccccc2C(F)(F)F)nn1)N1CCSc2ccc(Cl)cc21. The molecule has 4 rings (SSSR count). The minimum Gasteiger partial charge on any atom is -0.305 e. The van der Waals surface area contributed by atoms with Crippen LogP contribution in [0.5, 0.6) is 0 Å². The van der Waals surface area contributed by atoms with Crippen LogP contribution < -0.4 is 4.90 Å². The Hall–Kier alpha value is -2.52. The Morgan fingerprint density at radius 2 is 1.93 bits per heavy atom. The molecular formula is C18H12ClF3N4OS. The quantitative estimate of drug-likeness (QED) is 0.598. The molecule has 0 radical (unpaired) electrons. The van der Waals surface area contributed by atoms with E-state index in [1.54, 1.807) is 23.9 Å². The molecule has 1 amide bonds. The number of carbonyl (C=O) groups is 1. The van der Waals surface area contributed by atoms with Crippen molar-refractivity contribution < 1.29 is 18.0 Å². The van der Waals surface area contributed by atoms with E-state index in [2.05, 4.69) is 10.3 Å². The third-order valence-electron chi connectivity index (χ3n) is 4.20. The Balaban J connectivity index is 1.69. The number of benzene rings is 2. The number of para-hydroxylation sites is 1. The molecule has 28 heavy (non-hydrogen) atoms. The highest BCUT2D eigenvalue weighted by molar-refractivity contribution is 7.99. The standard InChI is InChI=1S/C18H12ClF3N4OS/c19-11-5-6-16-15(9-11)25(7-8-28-16)17(27)13-10-26(24-23-13)14-4-2-1-3-12(14)18(20,21)22/h1-6,9-10H,7-8H2. The van der Waals surface area contributed by atoms with Gasteiger partial charge in [0.1, 0.15) is 0 Å². The number of anilines is 1. The van der Waals surface area contributed by atoms with E-state index < -0.39 is 17.6 Å². The van der Waals surface area contributed by atoms with E-state index in [1.807, 2.05) is 6.07 Å². The summed E-state index contributed by atoms with van der Waals surface area (Å²) < 4.78 is 40.7. The van der Waals surface area contributed by atoms with Crippen LogP contribution in [0.25, 0.3) is 5.69 Å². The van der Waals surface area contributed by atoms with Gasteiger partial charge in [-0.3, -0.25) is 4.79 Å². The molecule has 10 heteroatoms. The number of nitrogens with zero attached hydrogens (tertiary/aromatic N) is 4. The van der Waals surface area contributed by atoms with Gasteiger partial charge in [0.25, 0.3) is 5.91 Å². The summed E-state index contributed by atoms with van der Waals surface area (Å²) in [4.78, 5) is 15.4. The molecule has 0 saturated heterocycles. The number of thioether (sulfide) groups is 1. The molecule has 0 atom stereocenters. The molecule has 0 saturated carbocycles. The van der Waals surface area contributed by atoms with Gasteiger partial charge >= 0.3 is 6.18 Å². The second kappa shape index (κ2) is 7.14. The molecule has 0 aliphatic carbocycles.